The molecule has 0 atom stereocenters. The highest BCUT2D eigenvalue weighted by atomic mass is 32.2. The van der Waals surface area contributed by atoms with Crippen LogP contribution in [0.1, 0.15) is 20.8 Å². The Morgan fingerprint density at radius 2 is 1.25 bits per heavy atom. The van der Waals surface area contributed by atoms with Crippen LogP contribution in [-0.4, -0.2) is 37.1 Å². The van der Waals surface area contributed by atoms with Gasteiger partial charge in [0.1, 0.15) is 0 Å². The third kappa shape index (κ3) is 6.57. The van der Waals surface area contributed by atoms with Crippen molar-refractivity contribution in [3.8, 4) is 0 Å². The molecule has 0 aliphatic rings. The third-order valence-corrected chi connectivity index (χ3v) is 2.33. The average Bonchev–Trinajstić information content (AvgIpc) is 2.15. The Morgan fingerprint density at radius 3 is 1.50 bits per heavy atom. The summed E-state index contributed by atoms with van der Waals surface area (Å²) in [6, 6.07) is 0. The first-order valence-electron chi connectivity index (χ1n) is 5.01. The number of rotatable bonds is 8. The van der Waals surface area contributed by atoms with Gasteiger partial charge in [-0.25, -0.2) is 0 Å². The van der Waals surface area contributed by atoms with Crippen molar-refractivity contribution in [3.63, 3.8) is 0 Å². The zero-order valence-electron chi connectivity index (χ0n) is 9.60. The molecule has 7 heteroatoms. The molecule has 0 unspecified atom stereocenters. The highest BCUT2D eigenvalue weighted by Crippen LogP contribution is 2.34. The van der Waals surface area contributed by atoms with E-state index in [0.29, 0.717) is 0 Å². The van der Waals surface area contributed by atoms with Crippen LogP contribution in [0.2, 0.25) is 0 Å². The van der Waals surface area contributed by atoms with Crippen LogP contribution in [0.3, 0.4) is 0 Å². The van der Waals surface area contributed by atoms with Crippen LogP contribution >= 0.6 is 11.8 Å². The highest BCUT2D eigenvalue weighted by Gasteiger charge is 2.39. The van der Waals surface area contributed by atoms with E-state index in [1.807, 2.05) is 0 Å². The van der Waals surface area contributed by atoms with Gasteiger partial charge in [-0.15, -0.1) is 0 Å². The number of hydrogen-bond donors (Lipinski definition) is 0. The summed E-state index contributed by atoms with van der Waals surface area (Å²) < 4.78 is 51.7. The van der Waals surface area contributed by atoms with Gasteiger partial charge < -0.3 is 14.2 Å². The van der Waals surface area contributed by atoms with E-state index in [2.05, 4.69) is 0 Å². The fourth-order valence-electron chi connectivity index (χ4n) is 1.08. The normalized spacial score (nSPS) is 13.1. The summed E-state index contributed by atoms with van der Waals surface area (Å²) in [5, 5.41) is 0. The van der Waals surface area contributed by atoms with E-state index < -0.39 is 17.2 Å². The van der Waals surface area contributed by atoms with Crippen LogP contribution in [0.25, 0.3) is 0 Å². The molecule has 0 saturated heterocycles. The minimum atomic E-state index is -4.32. The number of alkyl halides is 3. The zero-order chi connectivity index (χ0) is 12.7. The fourth-order valence-corrected chi connectivity index (χ4v) is 1.67. The lowest BCUT2D eigenvalue weighted by Crippen LogP contribution is -2.42. The Balaban J connectivity index is 4.46. The number of halogens is 3. The topological polar surface area (TPSA) is 27.7 Å². The van der Waals surface area contributed by atoms with Crippen LogP contribution in [0.5, 0.6) is 0 Å². The maximum atomic E-state index is 12.1. The quantitative estimate of drug-likeness (QED) is 0.628. The molecule has 0 heterocycles. The first kappa shape index (κ1) is 16.0. The van der Waals surface area contributed by atoms with E-state index in [9.17, 15) is 13.2 Å². The first-order valence-corrected chi connectivity index (χ1v) is 6.00. The molecule has 0 fully saturated rings. The molecule has 0 saturated carbocycles. The zero-order valence-corrected chi connectivity index (χ0v) is 10.4. The van der Waals surface area contributed by atoms with Gasteiger partial charge in [-0.1, -0.05) is 0 Å². The van der Waals surface area contributed by atoms with Crippen molar-refractivity contribution < 1.29 is 27.4 Å². The van der Waals surface area contributed by atoms with E-state index >= 15 is 0 Å². The van der Waals surface area contributed by atoms with Gasteiger partial charge in [-0.05, 0) is 32.5 Å². The fraction of sp³-hybridized carbons (Fsp3) is 1.00. The number of thioether (sulfide) groups is 1. The molecule has 0 spiro atoms. The van der Waals surface area contributed by atoms with Gasteiger partial charge in [0, 0.05) is 19.8 Å². The minimum Gasteiger partial charge on any atom is -0.327 e. The van der Waals surface area contributed by atoms with Crippen LogP contribution in [0.15, 0.2) is 0 Å². The molecule has 0 aliphatic carbocycles. The summed E-state index contributed by atoms with van der Waals surface area (Å²) in [6.07, 6.45) is 0. The van der Waals surface area contributed by atoms with Gasteiger partial charge >= 0.3 is 5.51 Å². The second-order valence-corrected chi connectivity index (χ2v) is 3.76. The van der Waals surface area contributed by atoms with Gasteiger partial charge in [0.25, 0.3) is 5.97 Å². The molecule has 0 aromatic heterocycles. The Morgan fingerprint density at radius 1 is 0.875 bits per heavy atom. The summed E-state index contributed by atoms with van der Waals surface area (Å²) >= 11 is -0.215. The summed E-state index contributed by atoms with van der Waals surface area (Å²) in [6.45, 7) is 5.68. The number of ether oxygens (including phenoxy) is 3. The lowest BCUT2D eigenvalue weighted by atomic mass is 10.6. The first-order chi connectivity index (χ1) is 7.39. The summed E-state index contributed by atoms with van der Waals surface area (Å²) in [7, 11) is 0. The molecule has 0 N–H and O–H groups in total. The van der Waals surface area contributed by atoms with Crippen LogP contribution in [0, 0.1) is 0 Å². The smallest absolute Gasteiger partial charge is 0.327 e. The van der Waals surface area contributed by atoms with Gasteiger partial charge in [0.15, 0.2) is 0 Å². The highest BCUT2D eigenvalue weighted by molar-refractivity contribution is 8.00. The van der Waals surface area contributed by atoms with Crippen molar-refractivity contribution in [2.75, 3.05) is 25.6 Å². The molecule has 16 heavy (non-hydrogen) atoms. The summed E-state index contributed by atoms with van der Waals surface area (Å²) in [5.41, 5.74) is -4.32. The van der Waals surface area contributed by atoms with Gasteiger partial charge in [0.2, 0.25) is 0 Å². The van der Waals surface area contributed by atoms with Crippen molar-refractivity contribution in [3.05, 3.63) is 0 Å². The molecule has 0 amide bonds. The van der Waals surface area contributed by atoms with E-state index in [-0.39, 0.29) is 31.6 Å². The second-order valence-electron chi connectivity index (χ2n) is 2.72. The minimum absolute atomic E-state index is 0.215. The molecule has 0 bridgehead atoms. The van der Waals surface area contributed by atoms with Crippen molar-refractivity contribution in [1.29, 1.82) is 0 Å². The number of hydrogen-bond acceptors (Lipinski definition) is 4. The molecule has 98 valence electrons. The SMILES string of the molecule is CCOC(CSC(F)(F)F)(OCC)OCC. The van der Waals surface area contributed by atoms with Crippen LogP contribution < -0.4 is 0 Å². The van der Waals surface area contributed by atoms with Crippen molar-refractivity contribution in [2.45, 2.75) is 32.3 Å². The summed E-state index contributed by atoms with van der Waals surface area (Å²) in [4.78, 5) is 0. The average molecular weight is 262 g/mol. The monoisotopic (exact) mass is 262 g/mol. The predicted octanol–water partition coefficient (Wildman–Crippen LogP) is 3.00. The predicted molar refractivity (Wildman–Crippen MR) is 56.1 cm³/mol. The largest absolute Gasteiger partial charge is 0.442 e. The second kappa shape index (κ2) is 7.37. The molecule has 0 aliphatic heterocycles. The lowest BCUT2D eigenvalue weighted by Gasteiger charge is -2.32. The van der Waals surface area contributed by atoms with Crippen molar-refractivity contribution in [1.82, 2.24) is 0 Å². The Hall–Kier alpha value is 0.0200. The Kier molecular flexibility index (Phi) is 7.38. The molecule has 0 aromatic rings. The van der Waals surface area contributed by atoms with Gasteiger partial charge in [0.05, 0.1) is 5.75 Å². The van der Waals surface area contributed by atoms with Crippen molar-refractivity contribution in [2.24, 2.45) is 0 Å². The summed E-state index contributed by atoms with van der Waals surface area (Å²) in [5.74, 6) is -2.04. The molecule has 0 aromatic carbocycles. The molecule has 0 rings (SSSR count). The van der Waals surface area contributed by atoms with E-state index in [1.165, 1.54) is 0 Å². The van der Waals surface area contributed by atoms with E-state index in [1.54, 1.807) is 20.8 Å². The van der Waals surface area contributed by atoms with Crippen molar-refractivity contribution >= 4 is 11.8 Å². The standard InChI is InChI=1S/C9H17F3O3S/c1-4-13-8(14-5-2,15-6-3)7-16-9(10,11)12/h4-7H2,1-3H3. The van der Waals surface area contributed by atoms with Gasteiger partial charge in [-0.2, -0.15) is 13.2 Å². The molecular formula is C9H17F3O3S. The third-order valence-electron chi connectivity index (χ3n) is 1.51. The molecular weight excluding hydrogens is 245 g/mol. The molecule has 3 nitrogen and oxygen atoms in total. The van der Waals surface area contributed by atoms with E-state index in [4.69, 9.17) is 14.2 Å². The van der Waals surface area contributed by atoms with Crippen LogP contribution in [0.4, 0.5) is 13.2 Å². The molecule has 0 radical (unpaired) electrons. The van der Waals surface area contributed by atoms with Gasteiger partial charge in [-0.3, -0.25) is 0 Å². The maximum Gasteiger partial charge on any atom is 0.442 e. The maximum absolute atomic E-state index is 12.1. The Bertz CT molecular complexity index is 170. The Labute approximate surface area is 97.6 Å². The lowest BCUT2D eigenvalue weighted by molar-refractivity contribution is -0.362. The van der Waals surface area contributed by atoms with Crippen LogP contribution in [-0.2, 0) is 14.2 Å². The van der Waals surface area contributed by atoms with E-state index in [0.717, 1.165) is 0 Å².